The minimum absolute atomic E-state index is 0.350. The number of hydrogen-bond acceptors (Lipinski definition) is 2. The van der Waals surface area contributed by atoms with E-state index in [2.05, 4.69) is 62.2 Å². The summed E-state index contributed by atoms with van der Waals surface area (Å²) in [5.74, 6) is 0.522. The monoisotopic (exact) mass is 254 g/mol. The highest BCUT2D eigenvalue weighted by Gasteiger charge is 2.20. The van der Waals surface area contributed by atoms with Gasteiger partial charge in [-0.2, -0.15) is 0 Å². The van der Waals surface area contributed by atoms with E-state index in [9.17, 15) is 0 Å². The summed E-state index contributed by atoms with van der Waals surface area (Å²) < 4.78 is 0. The van der Waals surface area contributed by atoms with Crippen LogP contribution in [0.1, 0.15) is 25.5 Å². The summed E-state index contributed by atoms with van der Waals surface area (Å²) in [6.45, 7) is 4.50. The van der Waals surface area contributed by atoms with Crippen LogP contribution in [0.15, 0.2) is 54.6 Å². The Balaban J connectivity index is 2.33. The van der Waals surface area contributed by atoms with Gasteiger partial charge in [-0.1, -0.05) is 44.2 Å². The van der Waals surface area contributed by atoms with Crippen molar-refractivity contribution in [3.05, 3.63) is 60.2 Å². The first-order chi connectivity index (χ1) is 9.09. The van der Waals surface area contributed by atoms with Crippen LogP contribution in [-0.2, 0) is 0 Å². The molecule has 2 N–H and O–H groups in total. The van der Waals surface area contributed by atoms with Crippen LogP contribution in [0.3, 0.4) is 0 Å². The predicted molar refractivity (Wildman–Crippen MR) is 83.3 cm³/mol. The smallest absolute Gasteiger partial charge is 0.0562 e. The Morgan fingerprint density at radius 2 is 1.47 bits per heavy atom. The largest absolute Gasteiger partial charge is 0.399 e. The van der Waals surface area contributed by atoms with Gasteiger partial charge in [0.2, 0.25) is 0 Å². The summed E-state index contributed by atoms with van der Waals surface area (Å²) in [5.41, 5.74) is 9.13. The first-order valence-electron chi connectivity index (χ1n) is 6.73. The molecule has 0 radical (unpaired) electrons. The summed E-state index contributed by atoms with van der Waals surface area (Å²) in [7, 11) is 2.15. The maximum Gasteiger partial charge on any atom is 0.0562 e. The van der Waals surface area contributed by atoms with Crippen molar-refractivity contribution < 1.29 is 0 Å². The third-order valence-corrected chi connectivity index (χ3v) is 3.49. The molecule has 0 fully saturated rings. The molecule has 1 unspecified atom stereocenters. The zero-order chi connectivity index (χ0) is 13.8. The molecule has 0 saturated carbocycles. The molecule has 0 amide bonds. The summed E-state index contributed by atoms with van der Waals surface area (Å²) >= 11 is 0. The number of hydrogen-bond donors (Lipinski definition) is 1. The van der Waals surface area contributed by atoms with Crippen molar-refractivity contribution in [3.8, 4) is 0 Å². The fourth-order valence-corrected chi connectivity index (χ4v) is 2.57. The molecule has 0 aliphatic rings. The first-order valence-corrected chi connectivity index (χ1v) is 6.73. The third-order valence-electron chi connectivity index (χ3n) is 3.49. The lowest BCUT2D eigenvalue weighted by atomic mass is 9.94. The molecule has 0 spiro atoms. The van der Waals surface area contributed by atoms with Crippen molar-refractivity contribution in [2.45, 2.75) is 19.9 Å². The number of nitrogen functional groups attached to an aromatic ring is 1. The number of para-hydroxylation sites is 1. The van der Waals surface area contributed by atoms with Crippen molar-refractivity contribution in [2.24, 2.45) is 5.92 Å². The van der Waals surface area contributed by atoms with E-state index in [0.717, 1.165) is 5.69 Å². The van der Waals surface area contributed by atoms with Gasteiger partial charge in [-0.05, 0) is 35.7 Å². The zero-order valence-corrected chi connectivity index (χ0v) is 11.9. The van der Waals surface area contributed by atoms with Gasteiger partial charge in [0.15, 0.2) is 0 Å². The topological polar surface area (TPSA) is 29.3 Å². The Morgan fingerprint density at radius 3 is 2.00 bits per heavy atom. The quantitative estimate of drug-likeness (QED) is 0.832. The molecule has 2 nitrogen and oxygen atoms in total. The Bertz CT molecular complexity index is 503. The number of nitrogens with zero attached hydrogens (tertiary/aromatic N) is 1. The molecule has 0 aliphatic heterocycles. The van der Waals surface area contributed by atoms with Crippen molar-refractivity contribution in [1.29, 1.82) is 0 Å². The summed E-state index contributed by atoms with van der Waals surface area (Å²) in [5, 5.41) is 0. The number of anilines is 2. The fourth-order valence-electron chi connectivity index (χ4n) is 2.57. The maximum absolute atomic E-state index is 5.78. The van der Waals surface area contributed by atoms with E-state index in [1.54, 1.807) is 0 Å². The van der Waals surface area contributed by atoms with E-state index < -0.39 is 0 Å². The molecule has 0 aromatic heterocycles. The first kappa shape index (κ1) is 13.5. The van der Waals surface area contributed by atoms with Crippen LogP contribution < -0.4 is 10.6 Å². The summed E-state index contributed by atoms with van der Waals surface area (Å²) in [6.07, 6.45) is 0. The minimum Gasteiger partial charge on any atom is -0.399 e. The van der Waals surface area contributed by atoms with E-state index in [-0.39, 0.29) is 0 Å². The van der Waals surface area contributed by atoms with Gasteiger partial charge in [0.1, 0.15) is 0 Å². The second-order valence-electron chi connectivity index (χ2n) is 5.30. The fraction of sp³-hybridized carbons (Fsp3) is 0.294. The molecule has 2 heteroatoms. The number of nitrogens with two attached hydrogens (primary N) is 1. The van der Waals surface area contributed by atoms with Crippen LogP contribution in [-0.4, -0.2) is 7.05 Å². The molecule has 2 rings (SSSR count). The van der Waals surface area contributed by atoms with E-state index in [1.165, 1.54) is 11.3 Å². The molecule has 0 heterocycles. The van der Waals surface area contributed by atoms with Crippen molar-refractivity contribution in [2.75, 3.05) is 17.7 Å². The average molecular weight is 254 g/mol. The van der Waals surface area contributed by atoms with Gasteiger partial charge in [-0.3, -0.25) is 0 Å². The second kappa shape index (κ2) is 5.79. The van der Waals surface area contributed by atoms with Crippen molar-refractivity contribution >= 4 is 11.4 Å². The van der Waals surface area contributed by atoms with E-state index in [0.29, 0.717) is 12.0 Å². The lowest BCUT2D eigenvalue weighted by Crippen LogP contribution is -2.28. The van der Waals surface area contributed by atoms with Gasteiger partial charge >= 0.3 is 0 Å². The van der Waals surface area contributed by atoms with Gasteiger partial charge in [0.25, 0.3) is 0 Å². The highest BCUT2D eigenvalue weighted by molar-refractivity contribution is 5.49. The third kappa shape index (κ3) is 3.08. The summed E-state index contributed by atoms with van der Waals surface area (Å²) in [6, 6.07) is 19.0. The van der Waals surface area contributed by atoms with Gasteiger partial charge in [0, 0.05) is 18.4 Å². The molecular formula is C17H22N2. The van der Waals surface area contributed by atoms with Gasteiger partial charge in [-0.25, -0.2) is 0 Å². The molecular weight excluding hydrogens is 232 g/mol. The Kier molecular flexibility index (Phi) is 4.10. The Morgan fingerprint density at radius 1 is 0.895 bits per heavy atom. The highest BCUT2D eigenvalue weighted by Crippen LogP contribution is 2.31. The SMILES string of the molecule is CC(C)C(c1ccc(N)cc1)N(C)c1ccccc1. The molecule has 2 aromatic carbocycles. The minimum atomic E-state index is 0.350. The molecule has 100 valence electrons. The number of benzene rings is 2. The highest BCUT2D eigenvalue weighted by atomic mass is 15.1. The average Bonchev–Trinajstić information content (AvgIpc) is 2.42. The van der Waals surface area contributed by atoms with Crippen molar-refractivity contribution in [3.63, 3.8) is 0 Å². The van der Waals surface area contributed by atoms with Crippen LogP contribution in [0, 0.1) is 5.92 Å². The molecule has 19 heavy (non-hydrogen) atoms. The molecule has 2 aromatic rings. The predicted octanol–water partition coefficient (Wildman–Crippen LogP) is 4.10. The molecule has 1 atom stereocenters. The Hall–Kier alpha value is -1.96. The van der Waals surface area contributed by atoms with Gasteiger partial charge < -0.3 is 10.6 Å². The van der Waals surface area contributed by atoms with Crippen LogP contribution in [0.4, 0.5) is 11.4 Å². The second-order valence-corrected chi connectivity index (χ2v) is 5.30. The van der Waals surface area contributed by atoms with E-state index in [4.69, 9.17) is 5.73 Å². The van der Waals surface area contributed by atoms with Crippen LogP contribution in [0.2, 0.25) is 0 Å². The standard InChI is InChI=1S/C17H22N2/c1-13(2)17(14-9-11-15(18)12-10-14)19(3)16-7-5-4-6-8-16/h4-13,17H,18H2,1-3H3. The normalized spacial score (nSPS) is 12.4. The molecule has 0 saturated heterocycles. The van der Waals surface area contributed by atoms with Crippen LogP contribution in [0.25, 0.3) is 0 Å². The summed E-state index contributed by atoms with van der Waals surface area (Å²) in [4.78, 5) is 2.33. The lowest BCUT2D eigenvalue weighted by Gasteiger charge is -2.33. The maximum atomic E-state index is 5.78. The zero-order valence-electron chi connectivity index (χ0n) is 11.9. The lowest BCUT2D eigenvalue weighted by molar-refractivity contribution is 0.491. The Labute approximate surface area is 115 Å². The van der Waals surface area contributed by atoms with Crippen LogP contribution in [0.5, 0.6) is 0 Å². The van der Waals surface area contributed by atoms with Crippen LogP contribution >= 0.6 is 0 Å². The van der Waals surface area contributed by atoms with Crippen molar-refractivity contribution in [1.82, 2.24) is 0 Å². The number of rotatable bonds is 4. The molecule has 0 bridgehead atoms. The molecule has 0 aliphatic carbocycles. The van der Waals surface area contributed by atoms with Gasteiger partial charge in [0.05, 0.1) is 6.04 Å². The van der Waals surface area contributed by atoms with E-state index >= 15 is 0 Å². The van der Waals surface area contributed by atoms with E-state index in [1.807, 2.05) is 18.2 Å². The van der Waals surface area contributed by atoms with Gasteiger partial charge in [-0.15, -0.1) is 0 Å².